The van der Waals surface area contributed by atoms with Crippen LogP contribution in [0, 0.1) is 0 Å². The number of amides is 1. The fourth-order valence-corrected chi connectivity index (χ4v) is 1.87. The van der Waals surface area contributed by atoms with E-state index in [2.05, 4.69) is 5.32 Å². The van der Waals surface area contributed by atoms with Gasteiger partial charge in [0.25, 0.3) is 5.91 Å². The van der Waals surface area contributed by atoms with Crippen LogP contribution in [0.3, 0.4) is 0 Å². The second kappa shape index (κ2) is 6.34. The SMILES string of the molecule is CCSCC(C)NC(=O)c1cc(C(=O)O)co1. The predicted octanol–water partition coefficient (Wildman–Crippen LogP) is 1.85. The summed E-state index contributed by atoms with van der Waals surface area (Å²) in [5.74, 6) is 0.332. The number of furan rings is 1. The third kappa shape index (κ3) is 4.14. The molecule has 94 valence electrons. The van der Waals surface area contributed by atoms with E-state index in [9.17, 15) is 9.59 Å². The molecule has 17 heavy (non-hydrogen) atoms. The largest absolute Gasteiger partial charge is 0.478 e. The van der Waals surface area contributed by atoms with E-state index >= 15 is 0 Å². The van der Waals surface area contributed by atoms with E-state index in [4.69, 9.17) is 9.52 Å². The lowest BCUT2D eigenvalue weighted by Gasteiger charge is -2.11. The van der Waals surface area contributed by atoms with Crippen LogP contribution in [0.1, 0.15) is 34.8 Å². The summed E-state index contributed by atoms with van der Waals surface area (Å²) >= 11 is 1.72. The number of carboxylic acid groups (broad SMARTS) is 1. The fraction of sp³-hybridized carbons (Fsp3) is 0.455. The Morgan fingerprint density at radius 3 is 2.82 bits per heavy atom. The van der Waals surface area contributed by atoms with Crippen LogP contribution in [-0.2, 0) is 0 Å². The molecule has 6 heteroatoms. The number of nitrogens with one attached hydrogen (secondary N) is 1. The molecular formula is C11H15NO4S. The van der Waals surface area contributed by atoms with Gasteiger partial charge in [-0.15, -0.1) is 0 Å². The highest BCUT2D eigenvalue weighted by molar-refractivity contribution is 7.99. The first-order valence-corrected chi connectivity index (χ1v) is 6.40. The maximum atomic E-state index is 11.6. The zero-order chi connectivity index (χ0) is 12.8. The first kappa shape index (κ1) is 13.6. The number of rotatable bonds is 6. The average Bonchev–Trinajstić information content (AvgIpc) is 2.75. The quantitative estimate of drug-likeness (QED) is 0.813. The molecule has 1 aromatic rings. The molecule has 1 heterocycles. The van der Waals surface area contributed by atoms with E-state index in [0.717, 1.165) is 17.8 Å². The summed E-state index contributed by atoms with van der Waals surface area (Å²) in [6.07, 6.45) is 1.06. The van der Waals surface area contributed by atoms with E-state index in [-0.39, 0.29) is 23.3 Å². The summed E-state index contributed by atoms with van der Waals surface area (Å²) in [5, 5.41) is 11.4. The molecule has 1 unspecified atom stereocenters. The third-order valence-corrected chi connectivity index (χ3v) is 3.16. The monoisotopic (exact) mass is 257 g/mol. The molecule has 0 aliphatic rings. The van der Waals surface area contributed by atoms with Gasteiger partial charge in [-0.25, -0.2) is 4.79 Å². The summed E-state index contributed by atoms with van der Waals surface area (Å²) in [6, 6.07) is 1.24. The van der Waals surface area contributed by atoms with Crippen LogP contribution in [0.4, 0.5) is 0 Å². The average molecular weight is 257 g/mol. The molecule has 0 saturated carbocycles. The van der Waals surface area contributed by atoms with Crippen molar-refractivity contribution < 1.29 is 19.1 Å². The van der Waals surface area contributed by atoms with Gasteiger partial charge in [-0.05, 0) is 12.7 Å². The van der Waals surface area contributed by atoms with Crippen LogP contribution < -0.4 is 5.32 Å². The highest BCUT2D eigenvalue weighted by Crippen LogP contribution is 2.08. The molecule has 1 rings (SSSR count). The van der Waals surface area contributed by atoms with Crippen LogP contribution in [0.2, 0.25) is 0 Å². The Kier molecular flexibility index (Phi) is 5.09. The Hall–Kier alpha value is -1.43. The first-order valence-electron chi connectivity index (χ1n) is 5.25. The van der Waals surface area contributed by atoms with Gasteiger partial charge < -0.3 is 14.8 Å². The van der Waals surface area contributed by atoms with Crippen molar-refractivity contribution in [3.05, 3.63) is 23.7 Å². The molecule has 1 amide bonds. The second-order valence-corrected chi connectivity index (χ2v) is 4.86. The molecule has 1 aromatic heterocycles. The van der Waals surface area contributed by atoms with Crippen molar-refractivity contribution >= 4 is 23.6 Å². The number of carbonyl (C=O) groups excluding carboxylic acids is 1. The van der Waals surface area contributed by atoms with E-state index in [0.29, 0.717) is 0 Å². The first-order chi connectivity index (χ1) is 8.04. The van der Waals surface area contributed by atoms with Crippen molar-refractivity contribution in [2.75, 3.05) is 11.5 Å². The van der Waals surface area contributed by atoms with E-state index in [1.54, 1.807) is 11.8 Å². The highest BCUT2D eigenvalue weighted by Gasteiger charge is 2.16. The fourth-order valence-electron chi connectivity index (χ4n) is 1.20. The summed E-state index contributed by atoms with van der Waals surface area (Å²) in [6.45, 7) is 3.94. The summed E-state index contributed by atoms with van der Waals surface area (Å²) in [5.41, 5.74) is -0.0225. The topological polar surface area (TPSA) is 79.5 Å². The lowest BCUT2D eigenvalue weighted by atomic mass is 10.3. The number of aromatic carboxylic acids is 1. The maximum absolute atomic E-state index is 11.6. The standard InChI is InChI=1S/C11H15NO4S/c1-3-17-6-7(2)12-10(13)9-4-8(5-16-9)11(14)15/h4-5,7H,3,6H2,1-2H3,(H,12,13)(H,14,15). The Bertz CT molecular complexity index is 402. The van der Waals surface area contributed by atoms with E-state index in [1.807, 2.05) is 13.8 Å². The van der Waals surface area contributed by atoms with E-state index in [1.165, 1.54) is 6.07 Å². The minimum absolute atomic E-state index is 0.0193. The number of carboxylic acids is 1. The van der Waals surface area contributed by atoms with Gasteiger partial charge in [-0.2, -0.15) is 11.8 Å². The lowest BCUT2D eigenvalue weighted by molar-refractivity contribution is 0.0695. The van der Waals surface area contributed by atoms with Gasteiger partial charge in [-0.3, -0.25) is 4.79 Å². The molecule has 2 N–H and O–H groups in total. The number of carbonyl (C=O) groups is 2. The lowest BCUT2D eigenvalue weighted by Crippen LogP contribution is -2.34. The molecule has 0 radical (unpaired) electrons. The maximum Gasteiger partial charge on any atom is 0.338 e. The van der Waals surface area contributed by atoms with Gasteiger partial charge in [0, 0.05) is 17.9 Å². The highest BCUT2D eigenvalue weighted by atomic mass is 32.2. The molecule has 5 nitrogen and oxygen atoms in total. The van der Waals surface area contributed by atoms with Crippen molar-refractivity contribution in [2.45, 2.75) is 19.9 Å². The number of thioether (sulfide) groups is 1. The number of hydrogen-bond donors (Lipinski definition) is 2. The Morgan fingerprint density at radius 1 is 1.59 bits per heavy atom. The van der Waals surface area contributed by atoms with Gasteiger partial charge in [-0.1, -0.05) is 6.92 Å². The van der Waals surface area contributed by atoms with Gasteiger partial charge >= 0.3 is 5.97 Å². The molecule has 0 aliphatic heterocycles. The van der Waals surface area contributed by atoms with Crippen molar-refractivity contribution in [3.63, 3.8) is 0 Å². The Labute approximate surface area is 104 Å². The van der Waals surface area contributed by atoms with Gasteiger partial charge in [0.05, 0.1) is 5.56 Å². The van der Waals surface area contributed by atoms with Crippen molar-refractivity contribution in [3.8, 4) is 0 Å². The van der Waals surface area contributed by atoms with Gasteiger partial charge in [0.1, 0.15) is 6.26 Å². The van der Waals surface area contributed by atoms with E-state index < -0.39 is 5.97 Å². The van der Waals surface area contributed by atoms with Crippen LogP contribution in [-0.4, -0.2) is 34.5 Å². The zero-order valence-electron chi connectivity index (χ0n) is 9.73. The molecule has 0 aromatic carbocycles. The molecule has 1 atom stereocenters. The van der Waals surface area contributed by atoms with Crippen molar-refractivity contribution in [1.29, 1.82) is 0 Å². The molecule has 0 bridgehead atoms. The summed E-state index contributed by atoms with van der Waals surface area (Å²) in [4.78, 5) is 22.3. The number of hydrogen-bond acceptors (Lipinski definition) is 4. The van der Waals surface area contributed by atoms with Gasteiger partial charge in [0.15, 0.2) is 5.76 Å². The molecule has 0 saturated heterocycles. The molecular weight excluding hydrogens is 242 g/mol. The van der Waals surface area contributed by atoms with Crippen LogP contribution >= 0.6 is 11.8 Å². The van der Waals surface area contributed by atoms with Crippen LogP contribution in [0.15, 0.2) is 16.7 Å². The van der Waals surface area contributed by atoms with Crippen molar-refractivity contribution in [2.24, 2.45) is 0 Å². The second-order valence-electron chi connectivity index (χ2n) is 3.54. The third-order valence-electron chi connectivity index (χ3n) is 2.02. The molecule has 0 spiro atoms. The predicted molar refractivity (Wildman–Crippen MR) is 65.6 cm³/mol. The smallest absolute Gasteiger partial charge is 0.338 e. The summed E-state index contributed by atoms with van der Waals surface area (Å²) < 4.78 is 4.89. The van der Waals surface area contributed by atoms with Crippen LogP contribution in [0.5, 0.6) is 0 Å². The Morgan fingerprint density at radius 2 is 2.29 bits per heavy atom. The Balaban J connectivity index is 2.54. The molecule has 0 aliphatic carbocycles. The van der Waals surface area contributed by atoms with Crippen molar-refractivity contribution in [1.82, 2.24) is 5.32 Å². The molecule has 0 fully saturated rings. The minimum atomic E-state index is -1.11. The van der Waals surface area contributed by atoms with Crippen LogP contribution in [0.25, 0.3) is 0 Å². The summed E-state index contributed by atoms with van der Waals surface area (Å²) in [7, 11) is 0. The normalized spacial score (nSPS) is 12.1. The minimum Gasteiger partial charge on any atom is -0.478 e. The van der Waals surface area contributed by atoms with Gasteiger partial charge in [0.2, 0.25) is 0 Å². The zero-order valence-corrected chi connectivity index (χ0v) is 10.5.